The first kappa shape index (κ1) is 18.9. The van der Waals surface area contributed by atoms with Crippen LogP contribution in [0.3, 0.4) is 0 Å². The summed E-state index contributed by atoms with van der Waals surface area (Å²) in [6.45, 7) is 7.20. The van der Waals surface area contributed by atoms with Crippen LogP contribution in [0.5, 0.6) is 0 Å². The highest BCUT2D eigenvalue weighted by atomic mass is 32.1. The van der Waals surface area contributed by atoms with Crippen molar-refractivity contribution in [3.05, 3.63) is 31.3 Å². The van der Waals surface area contributed by atoms with E-state index in [1.165, 1.54) is 4.57 Å². The maximum absolute atomic E-state index is 13.3. The molecule has 0 amide bonds. The van der Waals surface area contributed by atoms with Crippen LogP contribution in [0.1, 0.15) is 43.0 Å². The van der Waals surface area contributed by atoms with Crippen molar-refractivity contribution in [1.29, 1.82) is 0 Å². The van der Waals surface area contributed by atoms with E-state index in [9.17, 15) is 9.59 Å². The fourth-order valence-corrected chi connectivity index (χ4v) is 5.17. The van der Waals surface area contributed by atoms with E-state index in [0.29, 0.717) is 25.0 Å². The van der Waals surface area contributed by atoms with Crippen LogP contribution in [0.15, 0.2) is 9.59 Å². The number of thiophene rings is 1. The van der Waals surface area contributed by atoms with E-state index in [-0.39, 0.29) is 22.9 Å². The van der Waals surface area contributed by atoms with E-state index >= 15 is 0 Å². The topological polar surface area (TPSA) is 91.3 Å². The van der Waals surface area contributed by atoms with Crippen LogP contribution in [0.2, 0.25) is 0 Å². The Kier molecular flexibility index (Phi) is 5.00. The molecule has 1 saturated heterocycles. The van der Waals surface area contributed by atoms with Crippen molar-refractivity contribution in [2.45, 2.75) is 64.3 Å². The van der Waals surface area contributed by atoms with Gasteiger partial charge < -0.3 is 15.8 Å². The minimum Gasteiger partial charge on any atom is -0.376 e. The zero-order valence-electron chi connectivity index (χ0n) is 16.0. The molecule has 2 aliphatic rings. The van der Waals surface area contributed by atoms with Gasteiger partial charge in [-0.2, -0.15) is 0 Å². The van der Waals surface area contributed by atoms with Gasteiger partial charge in [0, 0.05) is 31.1 Å². The molecule has 7 nitrogen and oxygen atoms in total. The molecule has 148 valence electrons. The summed E-state index contributed by atoms with van der Waals surface area (Å²) in [7, 11) is 0. The molecule has 0 aromatic carbocycles. The van der Waals surface area contributed by atoms with E-state index in [4.69, 9.17) is 10.5 Å². The Bertz CT molecular complexity index is 964. The fraction of sp³-hybridized carbons (Fsp3) is 0.684. The standard InChI is InChI=1S/C19H28N4O3S/c1-12-14(10-21-8-7-20)27-17-15(12)16(24)23(19(2)5-6-19)18(25)22(17)11-13-4-3-9-26-13/h13,21H,3-11,20H2,1-2H3/t13-/m0/s1. The van der Waals surface area contributed by atoms with Gasteiger partial charge in [-0.1, -0.05) is 0 Å². The van der Waals surface area contributed by atoms with Gasteiger partial charge in [0.25, 0.3) is 5.56 Å². The molecule has 1 aliphatic carbocycles. The molecule has 0 bridgehead atoms. The number of hydrogen-bond acceptors (Lipinski definition) is 6. The maximum Gasteiger partial charge on any atom is 0.332 e. The SMILES string of the molecule is Cc1c(CNCCN)sc2c1c(=O)n(C1(C)CC1)c(=O)n2C[C@@H]1CCCO1. The van der Waals surface area contributed by atoms with Crippen molar-refractivity contribution in [1.82, 2.24) is 14.5 Å². The summed E-state index contributed by atoms with van der Waals surface area (Å²) in [6.07, 6.45) is 3.78. The Hall–Kier alpha value is -1.48. The first-order valence-electron chi connectivity index (χ1n) is 9.77. The zero-order chi connectivity index (χ0) is 19.2. The molecule has 8 heteroatoms. The Morgan fingerprint density at radius 1 is 1.37 bits per heavy atom. The molecule has 2 fully saturated rings. The molecule has 0 radical (unpaired) electrons. The number of nitrogens with two attached hydrogens (primary N) is 1. The highest BCUT2D eigenvalue weighted by Gasteiger charge is 2.43. The number of hydrogen-bond donors (Lipinski definition) is 2. The van der Waals surface area contributed by atoms with Gasteiger partial charge in [-0.15, -0.1) is 11.3 Å². The number of rotatable bonds is 7. The lowest BCUT2D eigenvalue weighted by Crippen LogP contribution is -2.45. The highest BCUT2D eigenvalue weighted by molar-refractivity contribution is 7.18. The second-order valence-electron chi connectivity index (χ2n) is 7.96. The van der Waals surface area contributed by atoms with Crippen molar-refractivity contribution in [3.8, 4) is 0 Å². The molecular formula is C19H28N4O3S. The summed E-state index contributed by atoms with van der Waals surface area (Å²) in [6, 6.07) is 0. The normalized spacial score (nSPS) is 21.2. The second kappa shape index (κ2) is 7.16. The van der Waals surface area contributed by atoms with E-state index in [0.717, 1.165) is 54.1 Å². The number of nitrogens with zero attached hydrogens (tertiary/aromatic N) is 2. The minimum atomic E-state index is -0.340. The van der Waals surface area contributed by atoms with Gasteiger partial charge in [0.15, 0.2) is 0 Å². The quantitative estimate of drug-likeness (QED) is 0.693. The molecule has 1 saturated carbocycles. The first-order valence-corrected chi connectivity index (χ1v) is 10.6. The monoisotopic (exact) mass is 392 g/mol. The third-order valence-corrected chi connectivity index (χ3v) is 7.16. The van der Waals surface area contributed by atoms with Crippen LogP contribution in [0.4, 0.5) is 0 Å². The highest BCUT2D eigenvalue weighted by Crippen LogP contribution is 2.41. The van der Waals surface area contributed by atoms with E-state index < -0.39 is 0 Å². The van der Waals surface area contributed by atoms with Crippen LogP contribution in [-0.4, -0.2) is 34.9 Å². The number of fused-ring (bicyclic) bond motifs is 1. The maximum atomic E-state index is 13.3. The molecule has 3 heterocycles. The molecule has 0 spiro atoms. The number of nitrogens with one attached hydrogen (secondary N) is 1. The fourth-order valence-electron chi connectivity index (χ4n) is 3.90. The molecule has 2 aromatic rings. The molecule has 1 atom stereocenters. The average molecular weight is 393 g/mol. The van der Waals surface area contributed by atoms with E-state index in [1.54, 1.807) is 15.9 Å². The number of ether oxygens (including phenoxy) is 1. The van der Waals surface area contributed by atoms with E-state index in [2.05, 4.69) is 5.32 Å². The smallest absolute Gasteiger partial charge is 0.332 e. The Morgan fingerprint density at radius 3 is 2.78 bits per heavy atom. The molecule has 0 unspecified atom stereocenters. The van der Waals surface area contributed by atoms with Gasteiger partial charge >= 0.3 is 5.69 Å². The summed E-state index contributed by atoms with van der Waals surface area (Å²) in [5.41, 5.74) is 5.87. The summed E-state index contributed by atoms with van der Waals surface area (Å²) in [5, 5.41) is 3.99. The lowest BCUT2D eigenvalue weighted by atomic mass is 10.2. The zero-order valence-corrected chi connectivity index (χ0v) is 16.9. The van der Waals surface area contributed by atoms with Crippen LogP contribution in [0.25, 0.3) is 10.2 Å². The third kappa shape index (κ3) is 3.29. The molecule has 3 N–H and O–H groups in total. The summed E-state index contributed by atoms with van der Waals surface area (Å²) >= 11 is 1.54. The Labute approximate surface area is 162 Å². The van der Waals surface area contributed by atoms with Crippen LogP contribution < -0.4 is 22.3 Å². The van der Waals surface area contributed by atoms with Gasteiger partial charge in [-0.3, -0.25) is 13.9 Å². The average Bonchev–Trinajstić information content (AvgIpc) is 3.05. The Balaban J connectivity index is 1.88. The minimum absolute atomic E-state index is 0.0464. The number of aromatic nitrogens is 2. The number of aryl methyl sites for hydroxylation is 1. The molecule has 27 heavy (non-hydrogen) atoms. The lowest BCUT2D eigenvalue weighted by Gasteiger charge is -2.18. The van der Waals surface area contributed by atoms with Gasteiger partial charge in [0.2, 0.25) is 0 Å². The third-order valence-electron chi connectivity index (χ3n) is 5.84. The van der Waals surface area contributed by atoms with Crippen LogP contribution in [0, 0.1) is 6.92 Å². The second-order valence-corrected chi connectivity index (χ2v) is 9.05. The van der Waals surface area contributed by atoms with Crippen LogP contribution >= 0.6 is 11.3 Å². The van der Waals surface area contributed by atoms with Gasteiger partial charge in [-0.25, -0.2) is 4.79 Å². The van der Waals surface area contributed by atoms with Gasteiger partial charge in [-0.05, 0) is 45.1 Å². The van der Waals surface area contributed by atoms with Gasteiger partial charge in [0.05, 0.1) is 23.6 Å². The van der Waals surface area contributed by atoms with Crippen molar-refractivity contribution in [3.63, 3.8) is 0 Å². The van der Waals surface area contributed by atoms with Crippen molar-refractivity contribution >= 4 is 21.6 Å². The largest absolute Gasteiger partial charge is 0.376 e. The molecule has 4 rings (SSSR count). The lowest BCUT2D eigenvalue weighted by molar-refractivity contribution is 0.0964. The van der Waals surface area contributed by atoms with Crippen molar-refractivity contribution in [2.24, 2.45) is 5.73 Å². The van der Waals surface area contributed by atoms with Gasteiger partial charge in [0.1, 0.15) is 4.83 Å². The first-order chi connectivity index (χ1) is 13.0. The van der Waals surface area contributed by atoms with Crippen molar-refractivity contribution < 1.29 is 4.74 Å². The van der Waals surface area contributed by atoms with Crippen molar-refractivity contribution in [2.75, 3.05) is 19.7 Å². The molecule has 2 aromatic heterocycles. The summed E-state index contributed by atoms with van der Waals surface area (Å²) in [5.74, 6) is 0. The molecular weight excluding hydrogens is 364 g/mol. The summed E-state index contributed by atoms with van der Waals surface area (Å²) in [4.78, 5) is 28.5. The van der Waals surface area contributed by atoms with Crippen LogP contribution in [-0.2, 0) is 23.4 Å². The van der Waals surface area contributed by atoms with E-state index in [1.807, 2.05) is 13.8 Å². The molecule has 1 aliphatic heterocycles. The Morgan fingerprint density at radius 2 is 2.15 bits per heavy atom. The predicted octanol–water partition coefficient (Wildman–Crippen LogP) is 1.27. The predicted molar refractivity (Wildman–Crippen MR) is 108 cm³/mol. The summed E-state index contributed by atoms with van der Waals surface area (Å²) < 4.78 is 9.07.